The number of benzene rings is 1. The van der Waals surface area contributed by atoms with Crippen LogP contribution in [-0.2, 0) is 0 Å². The van der Waals surface area contributed by atoms with Crippen molar-refractivity contribution in [2.24, 2.45) is 0 Å². The van der Waals surface area contributed by atoms with Crippen LogP contribution in [0.2, 0.25) is 0 Å². The van der Waals surface area contributed by atoms with E-state index in [9.17, 15) is 4.79 Å². The van der Waals surface area contributed by atoms with E-state index in [0.717, 1.165) is 15.7 Å². The minimum absolute atomic E-state index is 0.0561. The number of aromatic nitrogens is 3. The van der Waals surface area contributed by atoms with Crippen LogP contribution in [0, 0.1) is 0 Å². The Labute approximate surface area is 118 Å². The summed E-state index contributed by atoms with van der Waals surface area (Å²) in [6.45, 7) is 0. The third-order valence-electron chi connectivity index (χ3n) is 3.24. The van der Waals surface area contributed by atoms with Gasteiger partial charge in [0.25, 0.3) is 5.56 Å². The molecule has 4 rings (SSSR count). The molecule has 0 N–H and O–H groups in total. The Morgan fingerprint density at radius 3 is 2.90 bits per heavy atom. The average molecular weight is 279 g/mol. The third-order valence-corrected chi connectivity index (χ3v) is 3.98. The van der Waals surface area contributed by atoms with E-state index in [-0.39, 0.29) is 5.56 Å². The molecule has 5 heteroatoms. The molecular weight excluding hydrogens is 270 g/mol. The highest BCUT2D eigenvalue weighted by atomic mass is 32.1. The van der Waals surface area contributed by atoms with E-state index in [1.54, 1.807) is 16.3 Å². The second-order valence-electron chi connectivity index (χ2n) is 4.42. The minimum Gasteiger partial charge on any atom is -0.268 e. The summed E-state index contributed by atoms with van der Waals surface area (Å²) < 4.78 is 1.57. The molecule has 4 aromatic rings. The van der Waals surface area contributed by atoms with Gasteiger partial charge < -0.3 is 0 Å². The van der Waals surface area contributed by atoms with Gasteiger partial charge in [-0.1, -0.05) is 18.2 Å². The quantitative estimate of drug-likeness (QED) is 0.538. The molecule has 20 heavy (non-hydrogen) atoms. The van der Waals surface area contributed by atoms with Crippen LogP contribution in [0.4, 0.5) is 0 Å². The summed E-state index contributed by atoms with van der Waals surface area (Å²) in [6, 6.07) is 13.2. The zero-order chi connectivity index (χ0) is 13.5. The fraction of sp³-hybridized carbons (Fsp3) is 0. The van der Waals surface area contributed by atoms with E-state index in [2.05, 4.69) is 9.97 Å². The van der Waals surface area contributed by atoms with Gasteiger partial charge in [-0.2, -0.15) is 0 Å². The van der Waals surface area contributed by atoms with E-state index in [4.69, 9.17) is 0 Å². The molecule has 0 aliphatic heterocycles. The lowest BCUT2D eigenvalue weighted by Gasteiger charge is -2.06. The Balaban J connectivity index is 2.01. The third kappa shape index (κ3) is 1.64. The van der Waals surface area contributed by atoms with Crippen molar-refractivity contribution >= 4 is 32.5 Å². The van der Waals surface area contributed by atoms with E-state index < -0.39 is 0 Å². The van der Waals surface area contributed by atoms with Gasteiger partial charge in [0.2, 0.25) is 0 Å². The Kier molecular flexibility index (Phi) is 2.40. The summed E-state index contributed by atoms with van der Waals surface area (Å²) in [6.07, 6.45) is 1.76. The van der Waals surface area contributed by atoms with Gasteiger partial charge in [-0.15, -0.1) is 11.3 Å². The summed E-state index contributed by atoms with van der Waals surface area (Å²) in [5.74, 6) is 0.623. The zero-order valence-electron chi connectivity index (χ0n) is 10.4. The Morgan fingerprint density at radius 1 is 1.05 bits per heavy atom. The van der Waals surface area contributed by atoms with Crippen molar-refractivity contribution in [3.63, 3.8) is 0 Å². The van der Waals surface area contributed by atoms with Gasteiger partial charge in [-0.25, -0.2) is 9.97 Å². The van der Waals surface area contributed by atoms with Crippen molar-refractivity contribution in [3.05, 3.63) is 64.5 Å². The van der Waals surface area contributed by atoms with Gasteiger partial charge in [0.1, 0.15) is 16.2 Å². The standard InChI is InChI=1S/C15H9N3OS/c19-15-11-4-2-1-3-10(11)7-8-18(15)13-6-5-12-14(17-13)20-9-16-12/h1-9H. The first kappa shape index (κ1) is 11.3. The Bertz CT molecular complexity index is 987. The summed E-state index contributed by atoms with van der Waals surface area (Å²) in [5.41, 5.74) is 2.55. The van der Waals surface area contributed by atoms with Crippen LogP contribution in [0.1, 0.15) is 0 Å². The number of hydrogen-bond acceptors (Lipinski definition) is 4. The smallest absolute Gasteiger partial charge is 0.264 e. The van der Waals surface area contributed by atoms with Crippen LogP contribution in [-0.4, -0.2) is 14.5 Å². The number of pyridine rings is 2. The van der Waals surface area contributed by atoms with E-state index in [1.807, 2.05) is 42.5 Å². The molecule has 4 nitrogen and oxygen atoms in total. The predicted octanol–water partition coefficient (Wildman–Crippen LogP) is 3.00. The molecule has 1 aromatic carbocycles. The lowest BCUT2D eigenvalue weighted by molar-refractivity contribution is 0.966. The lowest BCUT2D eigenvalue weighted by atomic mass is 10.2. The molecule has 0 radical (unpaired) electrons. The second kappa shape index (κ2) is 4.25. The van der Waals surface area contributed by atoms with Crippen molar-refractivity contribution in [2.45, 2.75) is 0 Å². The van der Waals surface area contributed by atoms with Crippen molar-refractivity contribution in [1.82, 2.24) is 14.5 Å². The number of fused-ring (bicyclic) bond motifs is 2. The fourth-order valence-corrected chi connectivity index (χ4v) is 2.90. The summed E-state index contributed by atoms with van der Waals surface area (Å²) in [4.78, 5) is 22.0. The van der Waals surface area contributed by atoms with Gasteiger partial charge in [0, 0.05) is 11.6 Å². The number of thiazole rings is 1. The molecule has 0 aliphatic carbocycles. The average Bonchev–Trinajstić information content (AvgIpc) is 2.95. The monoisotopic (exact) mass is 279 g/mol. The molecular formula is C15H9N3OS. The maximum atomic E-state index is 12.5. The van der Waals surface area contributed by atoms with Crippen LogP contribution < -0.4 is 5.56 Å². The SMILES string of the molecule is O=c1c2ccccc2ccn1-c1ccc2ncsc2n1. The van der Waals surface area contributed by atoms with E-state index >= 15 is 0 Å². The molecule has 3 aromatic heterocycles. The normalized spacial score (nSPS) is 11.2. The van der Waals surface area contributed by atoms with Crippen molar-refractivity contribution in [2.75, 3.05) is 0 Å². The topological polar surface area (TPSA) is 47.8 Å². The fourth-order valence-electron chi connectivity index (χ4n) is 2.25. The minimum atomic E-state index is -0.0561. The molecule has 0 aliphatic rings. The molecule has 0 saturated carbocycles. The maximum absolute atomic E-state index is 12.5. The maximum Gasteiger partial charge on any atom is 0.264 e. The summed E-state index contributed by atoms with van der Waals surface area (Å²) in [5, 5.41) is 1.63. The Hall–Kier alpha value is -2.53. The van der Waals surface area contributed by atoms with Gasteiger partial charge in [-0.05, 0) is 29.7 Å². The van der Waals surface area contributed by atoms with Gasteiger partial charge in [0.05, 0.1) is 5.51 Å². The first-order valence-electron chi connectivity index (χ1n) is 6.14. The number of nitrogens with zero attached hydrogens (tertiary/aromatic N) is 3. The van der Waals surface area contributed by atoms with E-state index in [1.165, 1.54) is 11.3 Å². The summed E-state index contributed by atoms with van der Waals surface area (Å²) >= 11 is 1.47. The predicted molar refractivity (Wildman–Crippen MR) is 80.5 cm³/mol. The van der Waals surface area contributed by atoms with Crippen molar-refractivity contribution in [1.29, 1.82) is 0 Å². The summed E-state index contributed by atoms with van der Waals surface area (Å²) in [7, 11) is 0. The molecule has 0 unspecified atom stereocenters. The lowest BCUT2D eigenvalue weighted by Crippen LogP contribution is -2.18. The highest BCUT2D eigenvalue weighted by Crippen LogP contribution is 2.17. The molecule has 0 spiro atoms. The zero-order valence-corrected chi connectivity index (χ0v) is 11.2. The van der Waals surface area contributed by atoms with Gasteiger partial charge in [0.15, 0.2) is 0 Å². The van der Waals surface area contributed by atoms with Crippen LogP contribution in [0.15, 0.2) is 59.0 Å². The van der Waals surface area contributed by atoms with Crippen molar-refractivity contribution < 1.29 is 0 Å². The molecule has 3 heterocycles. The molecule has 0 atom stereocenters. The molecule has 0 fully saturated rings. The van der Waals surface area contributed by atoms with Crippen molar-refractivity contribution in [3.8, 4) is 5.82 Å². The first-order valence-corrected chi connectivity index (χ1v) is 7.02. The van der Waals surface area contributed by atoms with Crippen LogP contribution in [0.3, 0.4) is 0 Å². The Morgan fingerprint density at radius 2 is 1.95 bits per heavy atom. The van der Waals surface area contributed by atoms with E-state index in [0.29, 0.717) is 11.2 Å². The largest absolute Gasteiger partial charge is 0.268 e. The molecule has 96 valence electrons. The molecule has 0 saturated heterocycles. The van der Waals surface area contributed by atoms with Crippen LogP contribution in [0.25, 0.3) is 26.9 Å². The highest BCUT2D eigenvalue weighted by molar-refractivity contribution is 7.16. The van der Waals surface area contributed by atoms with Gasteiger partial charge >= 0.3 is 0 Å². The van der Waals surface area contributed by atoms with Crippen LogP contribution in [0.5, 0.6) is 0 Å². The van der Waals surface area contributed by atoms with Gasteiger partial charge in [-0.3, -0.25) is 9.36 Å². The number of rotatable bonds is 1. The van der Waals surface area contributed by atoms with Crippen LogP contribution >= 0.6 is 11.3 Å². The second-order valence-corrected chi connectivity index (χ2v) is 5.26. The molecule has 0 bridgehead atoms. The number of hydrogen-bond donors (Lipinski definition) is 0. The highest BCUT2D eigenvalue weighted by Gasteiger charge is 2.06. The molecule has 0 amide bonds. The first-order chi connectivity index (χ1) is 9.83.